The van der Waals surface area contributed by atoms with Crippen LogP contribution in [0.25, 0.3) is 0 Å². The first-order valence-corrected chi connectivity index (χ1v) is 16.3. The van der Waals surface area contributed by atoms with Crippen LogP contribution in [0.3, 0.4) is 0 Å². The highest BCUT2D eigenvalue weighted by atomic mass is 79.9. The second-order valence-electron chi connectivity index (χ2n) is 10.7. The summed E-state index contributed by atoms with van der Waals surface area (Å²) in [5.41, 5.74) is 2.95. The lowest BCUT2D eigenvalue weighted by Crippen LogP contribution is -2.53. The molecule has 4 rings (SSSR count). The van der Waals surface area contributed by atoms with E-state index in [9.17, 15) is 18.0 Å². The zero-order valence-corrected chi connectivity index (χ0v) is 26.2. The zero-order chi connectivity index (χ0) is 29.6. The molecule has 0 aliphatic heterocycles. The number of hydrogen-bond acceptors (Lipinski definition) is 4. The number of anilines is 1. The van der Waals surface area contributed by atoms with E-state index in [1.54, 1.807) is 37.3 Å². The lowest BCUT2D eigenvalue weighted by molar-refractivity contribution is -0.139. The number of amides is 2. The van der Waals surface area contributed by atoms with Crippen molar-refractivity contribution in [1.82, 2.24) is 10.2 Å². The summed E-state index contributed by atoms with van der Waals surface area (Å²) >= 11 is 3.45. The van der Waals surface area contributed by atoms with E-state index < -0.39 is 28.5 Å². The summed E-state index contributed by atoms with van der Waals surface area (Å²) in [7, 11) is -4.09. The van der Waals surface area contributed by atoms with Crippen molar-refractivity contribution in [3.8, 4) is 0 Å². The first-order valence-electron chi connectivity index (χ1n) is 14.1. The number of aryl methyl sites for hydroxylation is 1. The van der Waals surface area contributed by atoms with Crippen LogP contribution in [0.15, 0.2) is 82.2 Å². The molecule has 41 heavy (non-hydrogen) atoms. The minimum atomic E-state index is -4.09. The third kappa shape index (κ3) is 7.57. The lowest BCUT2D eigenvalue weighted by atomic mass is 9.95. The van der Waals surface area contributed by atoms with Crippen LogP contribution < -0.4 is 9.62 Å². The standard InChI is InChI=1S/C32H38BrN3O4S/c1-23-11-10-16-30(24(23)2)36(41(39,40)29-14-8-5-9-15-29)22-31(37)35(21-26-17-19-27(33)20-18-26)25(3)32(38)34-28-12-6-4-7-13-28/h5,8-11,14-20,25,28H,4,6-7,12-13,21-22H2,1-3H3,(H,34,38)/t25-/m1/s1. The fourth-order valence-electron chi connectivity index (χ4n) is 5.18. The molecule has 1 saturated carbocycles. The van der Waals surface area contributed by atoms with Crippen LogP contribution in [-0.2, 0) is 26.2 Å². The molecule has 0 bridgehead atoms. The molecule has 1 atom stereocenters. The molecule has 9 heteroatoms. The highest BCUT2D eigenvalue weighted by molar-refractivity contribution is 9.10. The molecule has 0 saturated heterocycles. The minimum Gasteiger partial charge on any atom is -0.352 e. The topological polar surface area (TPSA) is 86.8 Å². The minimum absolute atomic E-state index is 0.0910. The molecule has 1 N–H and O–H groups in total. The first-order chi connectivity index (χ1) is 19.6. The Hall–Kier alpha value is -3.17. The molecular formula is C32H38BrN3O4S. The maximum Gasteiger partial charge on any atom is 0.264 e. The fraction of sp³-hybridized carbons (Fsp3) is 0.375. The van der Waals surface area contributed by atoms with Gasteiger partial charge >= 0.3 is 0 Å². The quantitative estimate of drug-likeness (QED) is 0.289. The van der Waals surface area contributed by atoms with E-state index in [4.69, 9.17) is 0 Å². The molecule has 2 amide bonds. The van der Waals surface area contributed by atoms with E-state index in [2.05, 4.69) is 21.2 Å². The van der Waals surface area contributed by atoms with Gasteiger partial charge in [-0.1, -0.05) is 77.7 Å². The number of benzene rings is 3. The van der Waals surface area contributed by atoms with E-state index in [0.717, 1.165) is 46.8 Å². The van der Waals surface area contributed by atoms with Crippen molar-refractivity contribution in [2.75, 3.05) is 10.8 Å². The van der Waals surface area contributed by atoms with Crippen molar-refractivity contribution in [2.45, 2.75) is 76.4 Å². The van der Waals surface area contributed by atoms with Gasteiger partial charge in [-0.15, -0.1) is 0 Å². The van der Waals surface area contributed by atoms with Gasteiger partial charge in [0.25, 0.3) is 10.0 Å². The number of sulfonamides is 1. The van der Waals surface area contributed by atoms with Gasteiger partial charge in [-0.2, -0.15) is 0 Å². The van der Waals surface area contributed by atoms with Gasteiger partial charge in [0.15, 0.2) is 0 Å². The van der Waals surface area contributed by atoms with Crippen molar-refractivity contribution in [3.63, 3.8) is 0 Å². The number of rotatable bonds is 10. The molecule has 1 fully saturated rings. The van der Waals surface area contributed by atoms with Gasteiger partial charge < -0.3 is 10.2 Å². The number of hydrogen-bond donors (Lipinski definition) is 1. The monoisotopic (exact) mass is 639 g/mol. The van der Waals surface area contributed by atoms with Crippen molar-refractivity contribution in [2.24, 2.45) is 0 Å². The SMILES string of the molecule is Cc1cccc(N(CC(=O)N(Cc2ccc(Br)cc2)[C@H](C)C(=O)NC2CCCCC2)S(=O)(=O)c2ccccc2)c1C. The molecule has 3 aromatic carbocycles. The van der Waals surface area contributed by atoms with Gasteiger partial charge in [0.2, 0.25) is 11.8 Å². The van der Waals surface area contributed by atoms with Gasteiger partial charge in [0.05, 0.1) is 10.6 Å². The predicted octanol–water partition coefficient (Wildman–Crippen LogP) is 6.13. The molecule has 1 aliphatic carbocycles. The summed E-state index contributed by atoms with van der Waals surface area (Å²) in [6.07, 6.45) is 5.16. The Labute approximate surface area is 252 Å². The highest BCUT2D eigenvalue weighted by Crippen LogP contribution is 2.29. The summed E-state index contributed by atoms with van der Waals surface area (Å²) in [6.45, 7) is 5.19. The van der Waals surface area contributed by atoms with Crippen LogP contribution in [0.4, 0.5) is 5.69 Å². The predicted molar refractivity (Wildman–Crippen MR) is 166 cm³/mol. The van der Waals surface area contributed by atoms with Crippen molar-refractivity contribution in [3.05, 3.63) is 94.0 Å². The van der Waals surface area contributed by atoms with E-state index >= 15 is 0 Å². The van der Waals surface area contributed by atoms with Crippen molar-refractivity contribution < 1.29 is 18.0 Å². The molecule has 0 unspecified atom stereocenters. The van der Waals surface area contributed by atoms with Crippen LogP contribution in [0, 0.1) is 13.8 Å². The van der Waals surface area contributed by atoms with E-state index in [1.807, 2.05) is 44.2 Å². The van der Waals surface area contributed by atoms with Crippen LogP contribution in [0.5, 0.6) is 0 Å². The second kappa shape index (κ2) is 13.7. The lowest BCUT2D eigenvalue weighted by Gasteiger charge is -2.33. The van der Waals surface area contributed by atoms with Crippen LogP contribution in [0.1, 0.15) is 55.7 Å². The number of carbonyl (C=O) groups is 2. The average Bonchev–Trinajstić information content (AvgIpc) is 2.97. The zero-order valence-electron chi connectivity index (χ0n) is 23.8. The normalized spacial score (nSPS) is 14.7. The summed E-state index contributed by atoms with van der Waals surface area (Å²) in [4.78, 5) is 29.2. The molecule has 0 radical (unpaired) electrons. The van der Waals surface area contributed by atoms with E-state index in [1.165, 1.54) is 27.8 Å². The largest absolute Gasteiger partial charge is 0.352 e. The Balaban J connectivity index is 1.69. The number of nitrogens with zero attached hydrogens (tertiary/aromatic N) is 2. The maximum absolute atomic E-state index is 14.1. The molecule has 218 valence electrons. The van der Waals surface area contributed by atoms with Gasteiger partial charge in [-0.25, -0.2) is 8.42 Å². The molecular weight excluding hydrogens is 602 g/mol. The molecule has 0 aromatic heterocycles. The Kier molecular flexibility index (Phi) is 10.3. The van der Waals surface area contributed by atoms with Crippen LogP contribution in [-0.4, -0.2) is 43.8 Å². The highest BCUT2D eigenvalue weighted by Gasteiger charge is 2.33. The van der Waals surface area contributed by atoms with Gasteiger partial charge in [0, 0.05) is 17.1 Å². The first kappa shape index (κ1) is 30.8. The van der Waals surface area contributed by atoms with E-state index in [-0.39, 0.29) is 23.4 Å². The fourth-order valence-corrected chi connectivity index (χ4v) is 6.93. The third-order valence-corrected chi connectivity index (χ3v) is 10.1. The average molecular weight is 641 g/mol. The Morgan fingerprint density at radius 3 is 2.24 bits per heavy atom. The smallest absolute Gasteiger partial charge is 0.264 e. The molecule has 7 nitrogen and oxygen atoms in total. The van der Waals surface area contributed by atoms with Crippen molar-refractivity contribution >= 4 is 43.5 Å². The summed E-state index contributed by atoms with van der Waals surface area (Å²) in [5, 5.41) is 3.13. The van der Waals surface area contributed by atoms with Crippen LogP contribution >= 0.6 is 15.9 Å². The third-order valence-electron chi connectivity index (χ3n) is 7.84. The molecule has 1 aliphatic rings. The van der Waals surface area contributed by atoms with Gasteiger partial charge in [0.1, 0.15) is 12.6 Å². The molecule has 3 aromatic rings. The second-order valence-corrected chi connectivity index (χ2v) is 13.5. The summed E-state index contributed by atoms with van der Waals surface area (Å²) in [6, 6.07) is 20.4. The maximum atomic E-state index is 14.1. The van der Waals surface area contributed by atoms with Gasteiger partial charge in [-0.05, 0) is 80.6 Å². The number of nitrogens with one attached hydrogen (secondary N) is 1. The summed E-state index contributed by atoms with van der Waals surface area (Å²) < 4.78 is 30.0. The van der Waals surface area contributed by atoms with E-state index in [0.29, 0.717) is 5.69 Å². The molecule has 0 heterocycles. The Bertz CT molecular complexity index is 1460. The van der Waals surface area contributed by atoms with Gasteiger partial charge in [-0.3, -0.25) is 13.9 Å². The summed E-state index contributed by atoms with van der Waals surface area (Å²) in [5.74, 6) is -0.689. The van der Waals surface area contributed by atoms with Crippen molar-refractivity contribution in [1.29, 1.82) is 0 Å². The number of carbonyl (C=O) groups excluding carboxylic acids is 2. The molecule has 0 spiro atoms. The van der Waals surface area contributed by atoms with Crippen LogP contribution in [0.2, 0.25) is 0 Å². The Morgan fingerprint density at radius 2 is 1.59 bits per heavy atom. The Morgan fingerprint density at radius 1 is 0.927 bits per heavy atom. The number of halogens is 1.